The lowest BCUT2D eigenvalue weighted by molar-refractivity contribution is -0.117. The molecule has 2 N–H and O–H groups in total. The second-order valence-electron chi connectivity index (χ2n) is 5.90. The second kappa shape index (κ2) is 8.84. The van der Waals surface area contributed by atoms with Gasteiger partial charge in [0.15, 0.2) is 15.8 Å². The number of carbonyl (C=O) groups is 1. The van der Waals surface area contributed by atoms with Crippen molar-refractivity contribution in [1.29, 1.82) is 0 Å². The number of nitrogens with one attached hydrogen (secondary N) is 2. The summed E-state index contributed by atoms with van der Waals surface area (Å²) in [5.41, 5.74) is 1.98. The average Bonchev–Trinajstić information content (AvgIpc) is 3.04. The molecular formula is C17H26N4O3S. The summed E-state index contributed by atoms with van der Waals surface area (Å²) >= 11 is 0. The molecule has 0 spiro atoms. The van der Waals surface area contributed by atoms with Crippen molar-refractivity contribution in [3.63, 3.8) is 0 Å². The molecule has 7 nitrogen and oxygen atoms in total. The van der Waals surface area contributed by atoms with Crippen LogP contribution in [0.2, 0.25) is 0 Å². The molecule has 0 aliphatic carbocycles. The van der Waals surface area contributed by atoms with Crippen molar-refractivity contribution >= 4 is 27.4 Å². The van der Waals surface area contributed by atoms with Crippen molar-refractivity contribution in [1.82, 2.24) is 10.6 Å². The number of guanidine groups is 1. The number of benzene rings is 1. The van der Waals surface area contributed by atoms with Crippen molar-refractivity contribution in [3.8, 4) is 0 Å². The van der Waals surface area contributed by atoms with Crippen molar-refractivity contribution in [2.24, 2.45) is 4.99 Å². The number of nitrogens with zero attached hydrogens (tertiary/aromatic N) is 2. The van der Waals surface area contributed by atoms with E-state index in [0.29, 0.717) is 25.5 Å². The lowest BCUT2D eigenvalue weighted by Crippen LogP contribution is -2.39. The minimum absolute atomic E-state index is 0.0861. The fraction of sp³-hybridized carbons (Fsp3) is 0.529. The van der Waals surface area contributed by atoms with Crippen LogP contribution >= 0.6 is 0 Å². The number of hydrogen-bond donors (Lipinski definition) is 2. The predicted molar refractivity (Wildman–Crippen MR) is 101 cm³/mol. The van der Waals surface area contributed by atoms with E-state index < -0.39 is 9.84 Å². The van der Waals surface area contributed by atoms with Crippen molar-refractivity contribution < 1.29 is 13.2 Å². The normalized spacial score (nSPS) is 15.5. The summed E-state index contributed by atoms with van der Waals surface area (Å²) in [6.07, 6.45) is 1.54. The lowest BCUT2D eigenvalue weighted by atomic mass is 10.2. The summed E-state index contributed by atoms with van der Waals surface area (Å²) in [6.45, 7) is 3.32. The number of carbonyl (C=O) groups excluding carboxylic acids is 1. The van der Waals surface area contributed by atoms with Crippen LogP contribution in [0.1, 0.15) is 25.3 Å². The molecule has 1 heterocycles. The molecule has 0 unspecified atom stereocenters. The number of amides is 1. The third kappa shape index (κ3) is 5.74. The van der Waals surface area contributed by atoms with E-state index in [2.05, 4.69) is 15.6 Å². The molecule has 0 saturated carbocycles. The molecule has 138 valence electrons. The van der Waals surface area contributed by atoms with Crippen LogP contribution in [-0.4, -0.2) is 51.9 Å². The molecule has 1 saturated heterocycles. The highest BCUT2D eigenvalue weighted by atomic mass is 32.2. The van der Waals surface area contributed by atoms with Crippen LogP contribution in [-0.2, 0) is 21.2 Å². The first-order valence-electron chi connectivity index (χ1n) is 8.49. The zero-order valence-electron chi connectivity index (χ0n) is 14.8. The fourth-order valence-corrected chi connectivity index (χ4v) is 3.29. The Labute approximate surface area is 149 Å². The Morgan fingerprint density at radius 3 is 2.52 bits per heavy atom. The van der Waals surface area contributed by atoms with E-state index in [0.717, 1.165) is 24.2 Å². The van der Waals surface area contributed by atoms with Gasteiger partial charge in [-0.15, -0.1) is 0 Å². The van der Waals surface area contributed by atoms with Crippen LogP contribution in [0.5, 0.6) is 0 Å². The predicted octanol–water partition coefficient (Wildman–Crippen LogP) is 0.913. The van der Waals surface area contributed by atoms with Gasteiger partial charge in [0.1, 0.15) is 0 Å². The molecule has 1 amide bonds. The number of aliphatic imine (C=N–C) groups is 1. The van der Waals surface area contributed by atoms with Gasteiger partial charge in [-0.05, 0) is 24.1 Å². The molecule has 1 fully saturated rings. The molecule has 2 rings (SSSR count). The van der Waals surface area contributed by atoms with Crippen LogP contribution in [0.3, 0.4) is 0 Å². The van der Waals surface area contributed by atoms with Crippen molar-refractivity contribution in [3.05, 3.63) is 29.8 Å². The van der Waals surface area contributed by atoms with E-state index in [4.69, 9.17) is 0 Å². The molecule has 1 aromatic carbocycles. The Morgan fingerprint density at radius 2 is 1.96 bits per heavy atom. The molecule has 1 aliphatic heterocycles. The van der Waals surface area contributed by atoms with Crippen molar-refractivity contribution in [2.75, 3.05) is 36.5 Å². The van der Waals surface area contributed by atoms with E-state index in [1.54, 1.807) is 14.0 Å². The van der Waals surface area contributed by atoms with E-state index in [1.807, 2.05) is 29.2 Å². The van der Waals surface area contributed by atoms with Gasteiger partial charge in [-0.3, -0.25) is 9.79 Å². The summed E-state index contributed by atoms with van der Waals surface area (Å²) in [7, 11) is -1.34. The standard InChI is InChI=1S/C17H26N4O3S/c1-3-25(23,24)12-10-19-17(18-2)20-13-14-6-8-15(9-7-14)21-11-4-5-16(21)22/h6-9H,3-5,10-13H2,1-2H3,(H2,18,19,20). The highest BCUT2D eigenvalue weighted by Crippen LogP contribution is 2.21. The zero-order valence-corrected chi connectivity index (χ0v) is 15.6. The molecule has 0 bridgehead atoms. The summed E-state index contributed by atoms with van der Waals surface area (Å²) in [5, 5.41) is 6.15. The van der Waals surface area contributed by atoms with Gasteiger partial charge >= 0.3 is 0 Å². The van der Waals surface area contributed by atoms with Gasteiger partial charge in [-0.1, -0.05) is 19.1 Å². The summed E-state index contributed by atoms with van der Waals surface area (Å²) in [5.74, 6) is 0.970. The van der Waals surface area contributed by atoms with E-state index in [9.17, 15) is 13.2 Å². The van der Waals surface area contributed by atoms with Gasteiger partial charge in [0, 0.05) is 44.5 Å². The van der Waals surface area contributed by atoms with Crippen LogP contribution in [0.15, 0.2) is 29.3 Å². The third-order valence-corrected chi connectivity index (χ3v) is 5.86. The summed E-state index contributed by atoms with van der Waals surface area (Å²) in [4.78, 5) is 17.7. The zero-order chi connectivity index (χ0) is 18.3. The van der Waals surface area contributed by atoms with E-state index >= 15 is 0 Å². The molecule has 0 radical (unpaired) electrons. The lowest BCUT2D eigenvalue weighted by Gasteiger charge is -2.16. The van der Waals surface area contributed by atoms with Gasteiger partial charge in [0.25, 0.3) is 0 Å². The fourth-order valence-electron chi connectivity index (χ4n) is 2.59. The molecule has 1 aromatic rings. The smallest absolute Gasteiger partial charge is 0.227 e. The van der Waals surface area contributed by atoms with Gasteiger partial charge in [0.2, 0.25) is 5.91 Å². The maximum Gasteiger partial charge on any atom is 0.227 e. The van der Waals surface area contributed by atoms with Gasteiger partial charge < -0.3 is 15.5 Å². The Morgan fingerprint density at radius 1 is 1.24 bits per heavy atom. The molecule has 0 aromatic heterocycles. The minimum Gasteiger partial charge on any atom is -0.355 e. The van der Waals surface area contributed by atoms with Crippen LogP contribution < -0.4 is 15.5 Å². The Balaban J connectivity index is 1.82. The molecular weight excluding hydrogens is 340 g/mol. The van der Waals surface area contributed by atoms with Crippen LogP contribution in [0, 0.1) is 0 Å². The molecule has 0 atom stereocenters. The van der Waals surface area contributed by atoms with Gasteiger partial charge in [-0.25, -0.2) is 8.42 Å². The maximum atomic E-state index is 11.8. The summed E-state index contributed by atoms with van der Waals surface area (Å²) < 4.78 is 23.0. The topological polar surface area (TPSA) is 90.9 Å². The number of rotatable bonds is 7. The minimum atomic E-state index is -2.99. The average molecular weight is 366 g/mol. The first-order valence-corrected chi connectivity index (χ1v) is 10.3. The van der Waals surface area contributed by atoms with Gasteiger partial charge in [-0.2, -0.15) is 0 Å². The monoisotopic (exact) mass is 366 g/mol. The van der Waals surface area contributed by atoms with Crippen molar-refractivity contribution in [2.45, 2.75) is 26.3 Å². The molecule has 25 heavy (non-hydrogen) atoms. The Hall–Kier alpha value is -2.09. The Bertz CT molecular complexity index is 714. The van der Waals surface area contributed by atoms with Crippen LogP contribution in [0.4, 0.5) is 5.69 Å². The van der Waals surface area contributed by atoms with Gasteiger partial charge in [0.05, 0.1) is 5.75 Å². The SMILES string of the molecule is CCS(=O)(=O)CCNC(=NC)NCc1ccc(N2CCCC2=O)cc1. The first-order chi connectivity index (χ1) is 11.9. The maximum absolute atomic E-state index is 11.8. The number of hydrogen-bond acceptors (Lipinski definition) is 4. The van der Waals surface area contributed by atoms with E-state index in [1.165, 1.54) is 0 Å². The molecule has 8 heteroatoms. The van der Waals surface area contributed by atoms with E-state index in [-0.39, 0.29) is 17.4 Å². The highest BCUT2D eigenvalue weighted by molar-refractivity contribution is 7.91. The highest BCUT2D eigenvalue weighted by Gasteiger charge is 2.21. The Kier molecular flexibility index (Phi) is 6.81. The largest absolute Gasteiger partial charge is 0.355 e. The van der Waals surface area contributed by atoms with Crippen LogP contribution in [0.25, 0.3) is 0 Å². The number of anilines is 1. The number of sulfone groups is 1. The third-order valence-electron chi connectivity index (χ3n) is 4.15. The quantitative estimate of drug-likeness (QED) is 0.553. The second-order valence-corrected chi connectivity index (χ2v) is 8.38. The summed E-state index contributed by atoms with van der Waals surface area (Å²) in [6, 6.07) is 7.85. The molecule has 1 aliphatic rings. The first kappa shape index (κ1) is 19.2.